The van der Waals surface area contributed by atoms with E-state index in [1.807, 2.05) is 0 Å². The minimum Gasteiger partial charge on any atom is -0.493 e. The van der Waals surface area contributed by atoms with Crippen molar-refractivity contribution in [3.63, 3.8) is 0 Å². The monoisotopic (exact) mass is 447 g/mol. The third-order valence-electron chi connectivity index (χ3n) is 5.84. The van der Waals surface area contributed by atoms with E-state index in [1.165, 1.54) is 20.4 Å². The highest BCUT2D eigenvalue weighted by Gasteiger charge is 2.49. The Kier molecular flexibility index (Phi) is 4.97. The quantitative estimate of drug-likeness (QED) is 0.600. The van der Waals surface area contributed by atoms with Crippen LogP contribution in [0.2, 0.25) is 0 Å². The molecule has 0 radical (unpaired) electrons. The van der Waals surface area contributed by atoms with Crippen molar-refractivity contribution in [2.45, 2.75) is 12.6 Å². The number of carbonyl (C=O) groups is 3. The van der Waals surface area contributed by atoms with Gasteiger partial charge in [-0.25, -0.2) is 0 Å². The van der Waals surface area contributed by atoms with Gasteiger partial charge in [-0.1, -0.05) is 18.2 Å². The zero-order valence-electron chi connectivity index (χ0n) is 18.0. The van der Waals surface area contributed by atoms with Crippen LogP contribution in [0.3, 0.4) is 0 Å². The molecule has 33 heavy (non-hydrogen) atoms. The molecule has 10 heteroatoms. The van der Waals surface area contributed by atoms with E-state index in [0.29, 0.717) is 39.7 Å². The number of aromatic amines is 1. The van der Waals surface area contributed by atoms with E-state index in [-0.39, 0.29) is 30.7 Å². The number of benzene rings is 2. The van der Waals surface area contributed by atoms with E-state index in [1.54, 1.807) is 52.3 Å². The molecule has 2 aromatic carbocycles. The van der Waals surface area contributed by atoms with Gasteiger partial charge in [0.25, 0.3) is 11.8 Å². The molecule has 2 N–H and O–H groups in total. The Morgan fingerprint density at radius 1 is 1.09 bits per heavy atom. The number of anilines is 2. The summed E-state index contributed by atoms with van der Waals surface area (Å²) < 4.78 is 10.9. The Bertz CT molecular complexity index is 1260. The average molecular weight is 447 g/mol. The molecule has 0 unspecified atom stereocenters. The topological polar surface area (TPSA) is 117 Å². The van der Waals surface area contributed by atoms with Crippen LogP contribution in [0.1, 0.15) is 38.9 Å². The van der Waals surface area contributed by atoms with Gasteiger partial charge in [-0.15, -0.1) is 0 Å². The molecule has 1 atom stereocenters. The summed E-state index contributed by atoms with van der Waals surface area (Å²) in [6, 6.07) is 12.1. The number of hydrogen-bond donors (Lipinski definition) is 2. The van der Waals surface area contributed by atoms with E-state index in [2.05, 4.69) is 15.5 Å². The van der Waals surface area contributed by atoms with E-state index in [0.717, 1.165) is 0 Å². The van der Waals surface area contributed by atoms with Crippen LogP contribution in [0.5, 0.6) is 11.5 Å². The standard InChI is InChI=1S/C23H21N5O5/c1-32-16-8-7-14-19(20(16)33-2)23(31)28-15-6-4-3-5-13(15)22(30)27(21(14)28)12-10-18(29)25-17-9-11-24-26-17/h3-9,11,21H,10,12H2,1-2H3,(H2,24,25,26,29)/t21-/m0/s1. The van der Waals surface area contributed by atoms with Gasteiger partial charge >= 0.3 is 0 Å². The van der Waals surface area contributed by atoms with Crippen molar-refractivity contribution < 1.29 is 23.9 Å². The normalized spacial score (nSPS) is 16.2. The van der Waals surface area contributed by atoms with Crippen LogP contribution in [-0.2, 0) is 4.79 Å². The molecule has 1 aromatic heterocycles. The molecule has 3 heterocycles. The minimum atomic E-state index is -0.699. The summed E-state index contributed by atoms with van der Waals surface area (Å²) >= 11 is 0. The Morgan fingerprint density at radius 3 is 2.64 bits per heavy atom. The predicted octanol–water partition coefficient (Wildman–Crippen LogP) is 2.57. The summed E-state index contributed by atoms with van der Waals surface area (Å²) in [5, 5.41) is 9.17. The van der Waals surface area contributed by atoms with Gasteiger partial charge < -0.3 is 19.7 Å². The van der Waals surface area contributed by atoms with Crippen LogP contribution >= 0.6 is 0 Å². The number of H-pyrrole nitrogens is 1. The van der Waals surface area contributed by atoms with E-state index in [4.69, 9.17) is 9.47 Å². The lowest BCUT2D eigenvalue weighted by Gasteiger charge is -2.40. The lowest BCUT2D eigenvalue weighted by molar-refractivity contribution is -0.116. The summed E-state index contributed by atoms with van der Waals surface area (Å²) in [4.78, 5) is 42.7. The number of nitrogens with one attached hydrogen (secondary N) is 2. The SMILES string of the molecule is COc1ccc2c(c1OC)C(=O)N1c3ccccc3C(=O)N(CCC(=O)Nc3ccn[nH]3)[C@H]21. The molecule has 10 nitrogen and oxygen atoms in total. The molecule has 0 aliphatic carbocycles. The first-order valence-corrected chi connectivity index (χ1v) is 10.3. The maximum atomic E-state index is 13.6. The summed E-state index contributed by atoms with van der Waals surface area (Å²) in [6.07, 6.45) is 0.865. The van der Waals surface area contributed by atoms with Crippen molar-refractivity contribution in [3.8, 4) is 11.5 Å². The maximum Gasteiger partial charge on any atom is 0.264 e. The van der Waals surface area contributed by atoms with Gasteiger partial charge in [0, 0.05) is 24.6 Å². The smallest absolute Gasteiger partial charge is 0.264 e. The lowest BCUT2D eigenvalue weighted by atomic mass is 10.0. The molecule has 168 valence electrons. The molecule has 5 rings (SSSR count). The second-order valence-corrected chi connectivity index (χ2v) is 7.60. The van der Waals surface area contributed by atoms with Crippen molar-refractivity contribution in [2.75, 3.05) is 31.0 Å². The molecule has 3 amide bonds. The van der Waals surface area contributed by atoms with Gasteiger partial charge in [-0.2, -0.15) is 5.10 Å². The zero-order valence-corrected chi connectivity index (χ0v) is 18.0. The fraction of sp³-hybridized carbons (Fsp3) is 0.217. The molecular weight excluding hydrogens is 426 g/mol. The Hall–Kier alpha value is -4.34. The summed E-state index contributed by atoms with van der Waals surface area (Å²) in [7, 11) is 2.97. The van der Waals surface area contributed by atoms with Crippen LogP contribution in [0.15, 0.2) is 48.7 Å². The number of nitrogens with zero attached hydrogens (tertiary/aromatic N) is 3. The lowest BCUT2D eigenvalue weighted by Crippen LogP contribution is -2.49. The third kappa shape index (κ3) is 3.18. The average Bonchev–Trinajstić information content (AvgIpc) is 3.44. The molecular formula is C23H21N5O5. The number of hydrogen-bond acceptors (Lipinski definition) is 6. The summed E-state index contributed by atoms with van der Waals surface area (Å²) in [5.41, 5.74) is 1.88. The van der Waals surface area contributed by atoms with Gasteiger partial charge in [0.1, 0.15) is 12.0 Å². The molecule has 0 saturated heterocycles. The van der Waals surface area contributed by atoms with Crippen molar-refractivity contribution in [3.05, 3.63) is 65.4 Å². The predicted molar refractivity (Wildman–Crippen MR) is 118 cm³/mol. The number of amides is 3. The Balaban J connectivity index is 1.55. The number of ether oxygens (including phenoxy) is 2. The zero-order chi connectivity index (χ0) is 23.1. The van der Waals surface area contributed by atoms with Crippen molar-refractivity contribution in [1.29, 1.82) is 0 Å². The van der Waals surface area contributed by atoms with E-state index < -0.39 is 6.17 Å². The third-order valence-corrected chi connectivity index (χ3v) is 5.84. The van der Waals surface area contributed by atoms with Gasteiger partial charge in [0.2, 0.25) is 5.91 Å². The van der Waals surface area contributed by atoms with Crippen LogP contribution in [0, 0.1) is 0 Å². The van der Waals surface area contributed by atoms with Crippen LogP contribution in [0.4, 0.5) is 11.5 Å². The Morgan fingerprint density at radius 2 is 1.91 bits per heavy atom. The van der Waals surface area contributed by atoms with Gasteiger partial charge in [-0.3, -0.25) is 24.4 Å². The number of carbonyl (C=O) groups excluding carboxylic acids is 3. The molecule has 0 spiro atoms. The fourth-order valence-electron chi connectivity index (χ4n) is 4.41. The number of aromatic nitrogens is 2. The first kappa shape index (κ1) is 20.6. The van der Waals surface area contributed by atoms with Crippen LogP contribution in [-0.4, -0.2) is 53.6 Å². The maximum absolute atomic E-state index is 13.6. The number of fused-ring (bicyclic) bond motifs is 5. The van der Waals surface area contributed by atoms with Crippen molar-refractivity contribution >= 4 is 29.2 Å². The fourth-order valence-corrected chi connectivity index (χ4v) is 4.41. The van der Waals surface area contributed by atoms with Crippen molar-refractivity contribution in [1.82, 2.24) is 15.1 Å². The largest absolute Gasteiger partial charge is 0.493 e. The molecule has 2 aliphatic rings. The second kappa shape index (κ2) is 7.97. The molecule has 0 fully saturated rings. The van der Waals surface area contributed by atoms with Gasteiger partial charge in [-0.05, 0) is 18.2 Å². The number of rotatable bonds is 6. The molecule has 0 bridgehead atoms. The van der Waals surface area contributed by atoms with Crippen LogP contribution < -0.4 is 19.7 Å². The number of para-hydroxylation sites is 1. The van der Waals surface area contributed by atoms with E-state index in [9.17, 15) is 14.4 Å². The second-order valence-electron chi connectivity index (χ2n) is 7.60. The molecule has 2 aliphatic heterocycles. The number of methoxy groups -OCH3 is 2. The first-order valence-electron chi connectivity index (χ1n) is 10.3. The Labute approximate surface area is 189 Å². The van der Waals surface area contributed by atoms with Crippen LogP contribution in [0.25, 0.3) is 0 Å². The first-order chi connectivity index (χ1) is 16.0. The highest BCUT2D eigenvalue weighted by Crippen LogP contribution is 2.49. The molecule has 0 saturated carbocycles. The van der Waals surface area contributed by atoms with Gasteiger partial charge in [0.05, 0.1) is 37.2 Å². The van der Waals surface area contributed by atoms with Gasteiger partial charge in [0.15, 0.2) is 11.5 Å². The summed E-state index contributed by atoms with van der Waals surface area (Å²) in [6.45, 7) is 0.107. The summed E-state index contributed by atoms with van der Waals surface area (Å²) in [5.74, 6) is 0.379. The molecule has 3 aromatic rings. The highest BCUT2D eigenvalue weighted by atomic mass is 16.5. The van der Waals surface area contributed by atoms with Crippen molar-refractivity contribution in [2.24, 2.45) is 0 Å². The highest BCUT2D eigenvalue weighted by molar-refractivity contribution is 6.18. The van der Waals surface area contributed by atoms with E-state index >= 15 is 0 Å². The minimum absolute atomic E-state index is 0.0358.